The highest BCUT2D eigenvalue weighted by Gasteiger charge is 2.33. The summed E-state index contributed by atoms with van der Waals surface area (Å²) in [7, 11) is 1.62. The van der Waals surface area contributed by atoms with E-state index in [0.717, 1.165) is 23.8 Å². The van der Waals surface area contributed by atoms with Crippen LogP contribution in [0.4, 0.5) is 14.9 Å². The second kappa shape index (κ2) is 9.87. The summed E-state index contributed by atoms with van der Waals surface area (Å²) in [5.41, 5.74) is -1.03. The van der Waals surface area contributed by atoms with Crippen LogP contribution >= 0.6 is 11.6 Å². The molecule has 0 unspecified atom stereocenters. The van der Waals surface area contributed by atoms with Crippen LogP contribution in [0.5, 0.6) is 0 Å². The number of benzene rings is 2. The summed E-state index contributed by atoms with van der Waals surface area (Å²) in [6.07, 6.45) is 1.75. The summed E-state index contributed by atoms with van der Waals surface area (Å²) in [5.74, 6) is -1.72. The molecule has 12 heteroatoms. The summed E-state index contributed by atoms with van der Waals surface area (Å²) in [5, 5.41) is 26.7. The molecular weight excluding hydrogens is 517 g/mol. The predicted molar refractivity (Wildman–Crippen MR) is 137 cm³/mol. The molecule has 2 heterocycles. The Morgan fingerprint density at radius 1 is 1.29 bits per heavy atom. The van der Waals surface area contributed by atoms with Gasteiger partial charge in [-0.1, -0.05) is 17.7 Å². The predicted octanol–water partition coefficient (Wildman–Crippen LogP) is 5.40. The van der Waals surface area contributed by atoms with Crippen LogP contribution in [-0.2, 0) is 11.8 Å². The summed E-state index contributed by atoms with van der Waals surface area (Å²) >= 11 is 6.08. The lowest BCUT2D eigenvalue weighted by atomic mass is 9.93. The highest BCUT2D eigenvalue weighted by atomic mass is 35.5. The number of halogens is 2. The normalized spacial score (nSPS) is 13.7. The monoisotopic (exact) mass is 539 g/mol. The van der Waals surface area contributed by atoms with Crippen molar-refractivity contribution in [1.29, 1.82) is 5.26 Å². The fourth-order valence-electron chi connectivity index (χ4n) is 4.36. The molecule has 196 valence electrons. The standard InChI is InChI=1S/C26H23ClFN5O5/c1-26(2,3)38-25(35)32-9-7-14(8-10-32)23-17-12-20(33(36)37)21(18(13-29)22(17)30-31(23)4)24(34)16-11-15(28)5-6-19(16)27/h5-7,11-12H,8-10H2,1-4H3. The van der Waals surface area contributed by atoms with E-state index in [4.69, 9.17) is 16.3 Å². The Hall–Kier alpha value is -4.30. The molecule has 0 spiro atoms. The van der Waals surface area contributed by atoms with Crippen molar-refractivity contribution in [2.45, 2.75) is 32.8 Å². The third kappa shape index (κ3) is 4.95. The molecule has 3 aromatic rings. The third-order valence-electron chi connectivity index (χ3n) is 5.98. The van der Waals surface area contributed by atoms with E-state index >= 15 is 0 Å². The van der Waals surface area contributed by atoms with Crippen molar-refractivity contribution >= 4 is 45.6 Å². The fourth-order valence-corrected chi connectivity index (χ4v) is 4.57. The van der Waals surface area contributed by atoms with Gasteiger partial charge in [0.25, 0.3) is 5.69 Å². The lowest BCUT2D eigenvalue weighted by Crippen LogP contribution is -2.39. The smallest absolute Gasteiger partial charge is 0.410 e. The molecule has 0 bridgehead atoms. The Kier molecular flexibility index (Phi) is 6.95. The molecule has 0 fully saturated rings. The van der Waals surface area contributed by atoms with Gasteiger partial charge in [0.1, 0.15) is 28.6 Å². The molecule has 0 saturated heterocycles. The molecule has 0 radical (unpaired) electrons. The third-order valence-corrected chi connectivity index (χ3v) is 6.31. The Balaban J connectivity index is 1.84. The number of ether oxygens (including phenoxy) is 1. The number of carbonyl (C=O) groups is 2. The minimum Gasteiger partial charge on any atom is -0.444 e. The number of nitrogens with zero attached hydrogens (tertiary/aromatic N) is 5. The Labute approximate surface area is 222 Å². The molecule has 0 atom stereocenters. The van der Waals surface area contributed by atoms with Gasteiger partial charge in [0.05, 0.1) is 21.2 Å². The summed E-state index contributed by atoms with van der Waals surface area (Å²) < 4.78 is 20.8. The second-order valence-electron chi connectivity index (χ2n) is 9.74. The average molecular weight is 540 g/mol. The van der Waals surface area contributed by atoms with E-state index in [1.807, 2.05) is 6.07 Å². The molecule has 0 N–H and O–H groups in total. The minimum absolute atomic E-state index is 0.0851. The first-order valence-corrected chi connectivity index (χ1v) is 12.0. The Morgan fingerprint density at radius 3 is 2.58 bits per heavy atom. The quantitative estimate of drug-likeness (QED) is 0.246. The lowest BCUT2D eigenvalue weighted by Gasteiger charge is -2.29. The number of hydrogen-bond donors (Lipinski definition) is 0. The van der Waals surface area contributed by atoms with Gasteiger partial charge in [0, 0.05) is 37.2 Å². The van der Waals surface area contributed by atoms with E-state index in [-0.39, 0.29) is 28.2 Å². The molecule has 1 aliphatic rings. The minimum atomic E-state index is -0.961. The zero-order valence-corrected chi connectivity index (χ0v) is 21.8. The van der Waals surface area contributed by atoms with E-state index in [0.29, 0.717) is 24.0 Å². The maximum atomic E-state index is 13.9. The van der Waals surface area contributed by atoms with Crippen molar-refractivity contribution in [2.75, 3.05) is 13.1 Å². The summed E-state index contributed by atoms with van der Waals surface area (Å²) in [6.45, 7) is 5.92. The number of amides is 1. The van der Waals surface area contributed by atoms with Gasteiger partial charge in [0.2, 0.25) is 5.78 Å². The van der Waals surface area contributed by atoms with Gasteiger partial charge < -0.3 is 9.64 Å². The Bertz CT molecular complexity index is 1580. The van der Waals surface area contributed by atoms with Gasteiger partial charge in [0.15, 0.2) is 0 Å². The SMILES string of the molecule is Cn1nc2c(C#N)c(C(=O)c3cc(F)ccc3Cl)c([N+](=O)[O-])cc2c1C1=CCN(C(=O)OC(C)(C)C)CC1. The molecular formula is C26H23ClFN5O5. The van der Waals surface area contributed by atoms with E-state index in [2.05, 4.69) is 5.10 Å². The van der Waals surface area contributed by atoms with Gasteiger partial charge in [-0.3, -0.25) is 19.6 Å². The number of nitro benzene ring substituents is 1. The largest absolute Gasteiger partial charge is 0.444 e. The van der Waals surface area contributed by atoms with Crippen molar-refractivity contribution < 1.29 is 23.6 Å². The molecule has 1 aromatic heterocycles. The van der Waals surface area contributed by atoms with Crippen molar-refractivity contribution in [3.63, 3.8) is 0 Å². The van der Waals surface area contributed by atoms with E-state index < -0.39 is 39.5 Å². The number of nitriles is 1. The number of rotatable bonds is 4. The van der Waals surface area contributed by atoms with E-state index in [9.17, 15) is 29.4 Å². The molecule has 1 amide bonds. The zero-order valence-electron chi connectivity index (χ0n) is 21.0. The van der Waals surface area contributed by atoms with E-state index in [1.165, 1.54) is 15.6 Å². The van der Waals surface area contributed by atoms with Crippen LogP contribution in [0.15, 0.2) is 30.3 Å². The molecule has 0 saturated carbocycles. The fraction of sp³-hybridized carbons (Fsp3) is 0.308. The number of carbonyl (C=O) groups excluding carboxylic acids is 2. The highest BCUT2D eigenvalue weighted by Crippen LogP contribution is 2.37. The van der Waals surface area contributed by atoms with Crippen LogP contribution in [0.2, 0.25) is 5.02 Å². The second-order valence-corrected chi connectivity index (χ2v) is 10.1. The number of fused-ring (bicyclic) bond motifs is 1. The molecule has 10 nitrogen and oxygen atoms in total. The van der Waals surface area contributed by atoms with Crippen molar-refractivity contribution in [2.24, 2.45) is 7.05 Å². The first kappa shape index (κ1) is 26.8. The topological polar surface area (TPSA) is 131 Å². The van der Waals surface area contributed by atoms with Gasteiger partial charge in [-0.15, -0.1) is 0 Å². The molecule has 2 aromatic carbocycles. The first-order valence-electron chi connectivity index (χ1n) is 11.6. The number of nitro groups is 1. The molecule has 4 rings (SSSR count). The van der Waals surface area contributed by atoms with Crippen LogP contribution in [-0.4, -0.2) is 50.2 Å². The van der Waals surface area contributed by atoms with Crippen LogP contribution < -0.4 is 0 Å². The van der Waals surface area contributed by atoms with Gasteiger partial charge in [-0.05, 0) is 51.0 Å². The van der Waals surface area contributed by atoms with Crippen molar-refractivity contribution in [3.8, 4) is 6.07 Å². The van der Waals surface area contributed by atoms with Gasteiger partial charge in [-0.2, -0.15) is 10.4 Å². The van der Waals surface area contributed by atoms with E-state index in [1.54, 1.807) is 33.9 Å². The number of hydrogen-bond acceptors (Lipinski definition) is 7. The highest BCUT2D eigenvalue weighted by molar-refractivity contribution is 6.35. The maximum Gasteiger partial charge on any atom is 0.410 e. The molecule has 38 heavy (non-hydrogen) atoms. The molecule has 1 aliphatic heterocycles. The van der Waals surface area contributed by atoms with Crippen LogP contribution in [0.1, 0.15) is 54.4 Å². The lowest BCUT2D eigenvalue weighted by molar-refractivity contribution is -0.385. The van der Waals surface area contributed by atoms with Crippen molar-refractivity contribution in [1.82, 2.24) is 14.7 Å². The van der Waals surface area contributed by atoms with Gasteiger partial charge in [-0.25, -0.2) is 9.18 Å². The summed E-state index contributed by atoms with van der Waals surface area (Å²) in [6, 6.07) is 6.15. The molecule has 0 aliphatic carbocycles. The van der Waals surface area contributed by atoms with Gasteiger partial charge >= 0.3 is 6.09 Å². The van der Waals surface area contributed by atoms with Crippen LogP contribution in [0.25, 0.3) is 16.5 Å². The average Bonchev–Trinajstić information content (AvgIpc) is 3.18. The van der Waals surface area contributed by atoms with Crippen LogP contribution in [0, 0.1) is 27.3 Å². The van der Waals surface area contributed by atoms with Crippen molar-refractivity contribution in [3.05, 3.63) is 73.7 Å². The Morgan fingerprint density at radius 2 is 2.00 bits per heavy atom. The van der Waals surface area contributed by atoms with Crippen LogP contribution in [0.3, 0.4) is 0 Å². The maximum absolute atomic E-state index is 13.9. The number of aryl methyl sites for hydroxylation is 1. The zero-order chi connectivity index (χ0) is 27.9. The summed E-state index contributed by atoms with van der Waals surface area (Å²) in [4.78, 5) is 38.6. The number of ketones is 1. The number of aromatic nitrogens is 2. The first-order chi connectivity index (χ1) is 17.8.